The number of guanidine groups is 1. The van der Waals surface area contributed by atoms with Crippen LogP contribution in [0, 0.1) is 5.82 Å². The van der Waals surface area contributed by atoms with E-state index >= 15 is 0 Å². The molecule has 0 amide bonds. The predicted octanol–water partition coefficient (Wildman–Crippen LogP) is 3.24. The van der Waals surface area contributed by atoms with Gasteiger partial charge in [0, 0.05) is 19.2 Å². The number of hydrogen-bond donors (Lipinski definition) is 2. The van der Waals surface area contributed by atoms with Crippen molar-refractivity contribution in [3.63, 3.8) is 0 Å². The molecule has 0 fully saturated rings. The number of nitrogens with zero attached hydrogens (tertiary/aromatic N) is 1. The van der Waals surface area contributed by atoms with Crippen molar-refractivity contribution in [2.75, 3.05) is 25.4 Å². The molecular weight excluding hydrogens is 508 g/mol. The molecule has 160 valence electrons. The topological polar surface area (TPSA) is 79.8 Å². The molecule has 0 saturated carbocycles. The van der Waals surface area contributed by atoms with Crippen LogP contribution in [0.25, 0.3) is 0 Å². The third-order valence-electron chi connectivity index (χ3n) is 3.75. The van der Waals surface area contributed by atoms with E-state index in [1.165, 1.54) is 12.1 Å². The molecule has 9 heteroatoms. The number of sulfone groups is 1. The maximum Gasteiger partial charge on any atom is 0.191 e. The first-order valence-electron chi connectivity index (χ1n) is 9.13. The van der Waals surface area contributed by atoms with Gasteiger partial charge in [-0.25, -0.2) is 17.8 Å². The molecule has 0 saturated heterocycles. The van der Waals surface area contributed by atoms with Gasteiger partial charge in [-0.3, -0.25) is 0 Å². The van der Waals surface area contributed by atoms with Crippen LogP contribution < -0.4 is 15.4 Å². The number of benzene rings is 2. The fraction of sp³-hybridized carbons (Fsp3) is 0.350. The van der Waals surface area contributed by atoms with E-state index in [2.05, 4.69) is 15.6 Å². The van der Waals surface area contributed by atoms with Crippen molar-refractivity contribution in [1.82, 2.24) is 10.6 Å². The van der Waals surface area contributed by atoms with Gasteiger partial charge in [-0.1, -0.05) is 24.3 Å². The number of ether oxygens (including phenoxy) is 1. The quantitative estimate of drug-likeness (QED) is 0.293. The fourth-order valence-electron chi connectivity index (χ4n) is 2.42. The number of nitrogens with one attached hydrogen (secondary N) is 2. The van der Waals surface area contributed by atoms with E-state index in [9.17, 15) is 12.8 Å². The van der Waals surface area contributed by atoms with Crippen LogP contribution >= 0.6 is 24.0 Å². The zero-order chi connectivity index (χ0) is 20.4. The number of halogens is 2. The maximum absolute atomic E-state index is 13.2. The Bertz CT molecular complexity index is 880. The summed E-state index contributed by atoms with van der Waals surface area (Å²) in [4.78, 5) is 4.71. The van der Waals surface area contributed by atoms with Gasteiger partial charge in [0.15, 0.2) is 15.8 Å². The standard InChI is InChI=1S/C20H26FN3O3S.HI/c1-3-22-20(23-12-13-28(25,26)19-10-5-4-6-11-19)24-15-16(2)27-18-9-7-8-17(21)14-18;/h4-11,14,16H,3,12-13,15H2,1-2H3,(H2,22,23,24);1H. The fourth-order valence-corrected chi connectivity index (χ4v) is 3.60. The highest BCUT2D eigenvalue weighted by Gasteiger charge is 2.13. The molecule has 0 radical (unpaired) electrons. The zero-order valence-corrected chi connectivity index (χ0v) is 19.6. The van der Waals surface area contributed by atoms with Gasteiger partial charge < -0.3 is 15.4 Å². The van der Waals surface area contributed by atoms with E-state index < -0.39 is 9.84 Å². The lowest BCUT2D eigenvalue weighted by Gasteiger charge is -2.15. The van der Waals surface area contributed by atoms with Gasteiger partial charge >= 0.3 is 0 Å². The molecule has 1 unspecified atom stereocenters. The second kappa shape index (κ2) is 12.6. The van der Waals surface area contributed by atoms with Crippen molar-refractivity contribution in [2.24, 2.45) is 4.99 Å². The van der Waals surface area contributed by atoms with E-state index in [0.29, 0.717) is 29.7 Å². The Labute approximate surface area is 188 Å². The molecule has 0 aliphatic heterocycles. The zero-order valence-electron chi connectivity index (χ0n) is 16.5. The molecule has 0 bridgehead atoms. The summed E-state index contributed by atoms with van der Waals surface area (Å²) in [5, 5.41) is 6.08. The summed E-state index contributed by atoms with van der Waals surface area (Å²) in [5.41, 5.74) is 0. The molecule has 1 atom stereocenters. The van der Waals surface area contributed by atoms with Crippen LogP contribution in [-0.2, 0) is 9.84 Å². The van der Waals surface area contributed by atoms with E-state index in [1.54, 1.807) is 42.5 Å². The molecule has 0 aliphatic carbocycles. The van der Waals surface area contributed by atoms with Crippen LogP contribution in [0.3, 0.4) is 0 Å². The van der Waals surface area contributed by atoms with Crippen LogP contribution in [0.4, 0.5) is 4.39 Å². The first-order chi connectivity index (χ1) is 13.4. The highest BCUT2D eigenvalue weighted by atomic mass is 127. The van der Waals surface area contributed by atoms with Crippen molar-refractivity contribution in [2.45, 2.75) is 24.8 Å². The highest BCUT2D eigenvalue weighted by Crippen LogP contribution is 2.14. The molecule has 2 aromatic carbocycles. The lowest BCUT2D eigenvalue weighted by atomic mass is 10.3. The summed E-state index contributed by atoms with van der Waals surface area (Å²) in [5.74, 6) is 0.537. The van der Waals surface area contributed by atoms with Crippen molar-refractivity contribution < 1.29 is 17.5 Å². The van der Waals surface area contributed by atoms with Crippen LogP contribution in [0.5, 0.6) is 5.75 Å². The maximum atomic E-state index is 13.2. The normalized spacial score (nSPS) is 12.6. The molecule has 2 aromatic rings. The van der Waals surface area contributed by atoms with Crippen LogP contribution in [-0.4, -0.2) is 45.9 Å². The van der Waals surface area contributed by atoms with Crippen molar-refractivity contribution in [3.05, 3.63) is 60.4 Å². The average Bonchev–Trinajstić information content (AvgIpc) is 2.67. The van der Waals surface area contributed by atoms with Crippen molar-refractivity contribution in [1.29, 1.82) is 0 Å². The average molecular weight is 535 g/mol. The van der Waals surface area contributed by atoms with Crippen LogP contribution in [0.1, 0.15) is 13.8 Å². The van der Waals surface area contributed by atoms with Crippen molar-refractivity contribution >= 4 is 39.8 Å². The van der Waals surface area contributed by atoms with Gasteiger partial charge in [-0.2, -0.15) is 0 Å². The van der Waals surface area contributed by atoms with Gasteiger partial charge in [0.25, 0.3) is 0 Å². The molecular formula is C20H27FIN3O3S. The smallest absolute Gasteiger partial charge is 0.191 e. The predicted molar refractivity (Wildman–Crippen MR) is 124 cm³/mol. The number of hydrogen-bond acceptors (Lipinski definition) is 4. The molecule has 2 N–H and O–H groups in total. The third-order valence-corrected chi connectivity index (χ3v) is 5.48. The molecule has 29 heavy (non-hydrogen) atoms. The van der Waals surface area contributed by atoms with E-state index in [0.717, 1.165) is 0 Å². The molecule has 0 aliphatic rings. The van der Waals surface area contributed by atoms with Gasteiger partial charge in [0.2, 0.25) is 0 Å². The van der Waals surface area contributed by atoms with Gasteiger partial charge in [-0.15, -0.1) is 24.0 Å². The summed E-state index contributed by atoms with van der Waals surface area (Å²) in [6.07, 6.45) is -0.273. The summed E-state index contributed by atoms with van der Waals surface area (Å²) < 4.78 is 43.5. The third kappa shape index (κ3) is 8.99. The Morgan fingerprint density at radius 1 is 1.14 bits per heavy atom. The van der Waals surface area contributed by atoms with E-state index in [1.807, 2.05) is 13.8 Å². The molecule has 2 rings (SSSR count). The Morgan fingerprint density at radius 2 is 1.86 bits per heavy atom. The van der Waals surface area contributed by atoms with Crippen LogP contribution in [0.15, 0.2) is 64.5 Å². The first-order valence-corrected chi connectivity index (χ1v) is 10.8. The number of aliphatic imine (C=N–C) groups is 1. The van der Waals surface area contributed by atoms with E-state index in [4.69, 9.17) is 4.74 Å². The highest BCUT2D eigenvalue weighted by molar-refractivity contribution is 14.0. The van der Waals surface area contributed by atoms with E-state index in [-0.39, 0.29) is 48.2 Å². The monoisotopic (exact) mass is 535 g/mol. The first kappa shape index (κ1) is 25.2. The molecule has 6 nitrogen and oxygen atoms in total. The summed E-state index contributed by atoms with van der Waals surface area (Å²) >= 11 is 0. The lowest BCUT2D eigenvalue weighted by molar-refractivity contribution is 0.229. The minimum atomic E-state index is -3.35. The summed E-state index contributed by atoms with van der Waals surface area (Å²) in [7, 11) is -3.35. The Balaban J connectivity index is 0.00000420. The minimum absolute atomic E-state index is 0. The Morgan fingerprint density at radius 3 is 2.52 bits per heavy atom. The number of rotatable bonds is 9. The summed E-state index contributed by atoms with van der Waals surface area (Å²) in [6, 6.07) is 14.3. The minimum Gasteiger partial charge on any atom is -0.489 e. The van der Waals surface area contributed by atoms with Gasteiger partial charge in [0.1, 0.15) is 17.7 Å². The Hall–Kier alpha value is -1.88. The van der Waals surface area contributed by atoms with Crippen molar-refractivity contribution in [3.8, 4) is 5.75 Å². The van der Waals surface area contributed by atoms with Gasteiger partial charge in [0.05, 0.1) is 17.2 Å². The molecule has 0 spiro atoms. The van der Waals surface area contributed by atoms with Gasteiger partial charge in [-0.05, 0) is 38.1 Å². The Kier molecular flexibility index (Phi) is 11.0. The second-order valence-corrected chi connectivity index (χ2v) is 8.27. The molecule has 0 heterocycles. The SMILES string of the molecule is CCNC(=NCC(C)Oc1cccc(F)c1)NCCS(=O)(=O)c1ccccc1.I. The summed E-state index contributed by atoms with van der Waals surface area (Å²) in [6.45, 7) is 4.94. The second-order valence-electron chi connectivity index (χ2n) is 6.16. The largest absolute Gasteiger partial charge is 0.489 e. The van der Waals surface area contributed by atoms with Crippen LogP contribution in [0.2, 0.25) is 0 Å². The molecule has 0 aromatic heterocycles. The lowest BCUT2D eigenvalue weighted by Crippen LogP contribution is -2.40.